The van der Waals surface area contributed by atoms with Crippen LogP contribution in [0.5, 0.6) is 0 Å². The van der Waals surface area contributed by atoms with Gasteiger partial charge in [-0.05, 0) is 41.8 Å². The summed E-state index contributed by atoms with van der Waals surface area (Å²) < 4.78 is 17.5. The molecule has 2 aromatic carbocycles. The number of esters is 3. The summed E-state index contributed by atoms with van der Waals surface area (Å²) in [6.07, 6.45) is -4.63. The number of amides is 1. The van der Waals surface area contributed by atoms with E-state index in [1.54, 1.807) is 63.2 Å². The van der Waals surface area contributed by atoms with Crippen molar-refractivity contribution in [3.63, 3.8) is 0 Å². The molecule has 1 aliphatic carbocycles. The second-order valence-electron chi connectivity index (χ2n) is 11.5. The highest BCUT2D eigenvalue weighted by Gasteiger charge is 2.93. The van der Waals surface area contributed by atoms with Crippen molar-refractivity contribution in [1.29, 1.82) is 0 Å². The van der Waals surface area contributed by atoms with E-state index in [4.69, 9.17) is 19.9 Å². The summed E-state index contributed by atoms with van der Waals surface area (Å²) in [7, 11) is 0. The topological polar surface area (TPSA) is 145 Å². The van der Waals surface area contributed by atoms with E-state index in [2.05, 4.69) is 0 Å². The van der Waals surface area contributed by atoms with Crippen LogP contribution in [0.25, 0.3) is 0 Å². The molecular weight excluding hydrogens is 492 g/mol. The van der Waals surface area contributed by atoms with Crippen LogP contribution in [-0.2, 0) is 28.6 Å². The van der Waals surface area contributed by atoms with Gasteiger partial charge in [-0.15, -0.1) is 0 Å². The van der Waals surface area contributed by atoms with Gasteiger partial charge in [-0.1, -0.05) is 39.0 Å². The number of rotatable bonds is 3. The van der Waals surface area contributed by atoms with Gasteiger partial charge in [0.25, 0.3) is 5.91 Å². The molecule has 0 bridgehead atoms. The van der Waals surface area contributed by atoms with Gasteiger partial charge in [-0.25, -0.2) is 4.79 Å². The summed E-state index contributed by atoms with van der Waals surface area (Å²) in [5, 5.41) is 12.6. The van der Waals surface area contributed by atoms with Gasteiger partial charge in [0.15, 0.2) is 12.3 Å². The lowest BCUT2D eigenvalue weighted by atomic mass is 9.52. The van der Waals surface area contributed by atoms with E-state index >= 15 is 0 Å². The minimum atomic E-state index is -1.85. The monoisotopic (exact) mass is 520 g/mol. The van der Waals surface area contributed by atoms with Gasteiger partial charge in [-0.2, -0.15) is 0 Å². The van der Waals surface area contributed by atoms with E-state index in [9.17, 15) is 24.3 Å². The zero-order valence-electron chi connectivity index (χ0n) is 21.2. The lowest BCUT2D eigenvalue weighted by Gasteiger charge is -2.51. The Kier molecular flexibility index (Phi) is 4.86. The average molecular weight is 521 g/mol. The highest BCUT2D eigenvalue weighted by molar-refractivity contribution is 6.07. The summed E-state index contributed by atoms with van der Waals surface area (Å²) in [6, 6.07) is 14.4. The zero-order valence-corrected chi connectivity index (χ0v) is 21.2. The first-order valence-electron chi connectivity index (χ1n) is 12.5. The highest BCUT2D eigenvalue weighted by Crippen LogP contribution is 2.76. The molecule has 6 rings (SSSR count). The molecule has 0 radical (unpaired) electrons. The van der Waals surface area contributed by atoms with Crippen LogP contribution in [0.1, 0.15) is 44.0 Å². The number of anilines is 2. The van der Waals surface area contributed by atoms with E-state index in [0.29, 0.717) is 11.4 Å². The fourth-order valence-corrected chi connectivity index (χ4v) is 7.16. The summed E-state index contributed by atoms with van der Waals surface area (Å²) in [4.78, 5) is 55.4. The smallest absolute Gasteiger partial charge is 0.338 e. The zero-order chi connectivity index (χ0) is 27.3. The third kappa shape index (κ3) is 2.70. The maximum Gasteiger partial charge on any atom is 0.338 e. The number of hydrogen-bond donors (Lipinski definition) is 2. The number of aliphatic hydroxyl groups is 1. The SMILES string of the molecule is CC(C)(C)[C@]1(O)C[C@@H]2OC(=O)C[C@@]23C(=O)O[C@@H]2N(c4ccc(N)cc4)C(=O)[C@H](OC(=O)c4ccccc4)C213. The summed E-state index contributed by atoms with van der Waals surface area (Å²) >= 11 is 0. The van der Waals surface area contributed by atoms with Crippen LogP contribution in [0.3, 0.4) is 0 Å². The normalized spacial score (nSPS) is 35.4. The molecule has 10 heteroatoms. The summed E-state index contributed by atoms with van der Waals surface area (Å²) in [6.45, 7) is 5.31. The second kappa shape index (κ2) is 7.57. The van der Waals surface area contributed by atoms with Crippen LogP contribution in [0.4, 0.5) is 11.4 Å². The van der Waals surface area contributed by atoms with Crippen LogP contribution in [0, 0.1) is 16.2 Å². The first kappa shape index (κ1) is 24.4. The van der Waals surface area contributed by atoms with E-state index < -0.39 is 70.5 Å². The fraction of sp³-hybridized carbons (Fsp3) is 0.429. The van der Waals surface area contributed by atoms with Crippen LogP contribution < -0.4 is 10.6 Å². The Hall–Kier alpha value is -3.92. The van der Waals surface area contributed by atoms with Gasteiger partial charge in [0.05, 0.1) is 17.6 Å². The van der Waals surface area contributed by atoms with Crippen molar-refractivity contribution in [3.05, 3.63) is 60.2 Å². The predicted molar refractivity (Wildman–Crippen MR) is 132 cm³/mol. The standard InChI is InChI=1S/C28H28N2O8/c1-25(2,3)27(35)13-18-26(14-19(31)36-18)24(34)38-23-28(26,27)20(37-22(33)15-7-5-4-6-8-15)21(32)30(23)17-11-9-16(29)10-12-17/h4-12,18,20,23,35H,13-14,29H2,1-3H3/t18-,20-,23-,26-,27+,28?/m0/s1. The number of nitrogens with zero attached hydrogens (tertiary/aromatic N) is 1. The lowest BCUT2D eigenvalue weighted by molar-refractivity contribution is -0.204. The molecule has 10 nitrogen and oxygen atoms in total. The van der Waals surface area contributed by atoms with Gasteiger partial charge in [0.2, 0.25) is 0 Å². The first-order valence-corrected chi connectivity index (χ1v) is 12.5. The van der Waals surface area contributed by atoms with Gasteiger partial charge < -0.3 is 25.1 Å². The number of hydrogen-bond acceptors (Lipinski definition) is 9. The number of ether oxygens (including phenoxy) is 3. The number of nitrogens with two attached hydrogens (primary N) is 1. The van der Waals surface area contributed by atoms with Crippen molar-refractivity contribution in [2.24, 2.45) is 16.2 Å². The molecule has 0 aromatic heterocycles. The molecule has 3 heterocycles. The van der Waals surface area contributed by atoms with Crippen molar-refractivity contribution in [2.45, 2.75) is 57.6 Å². The molecule has 4 aliphatic rings. The Morgan fingerprint density at radius 1 is 1.05 bits per heavy atom. The van der Waals surface area contributed by atoms with E-state index in [1.807, 2.05) is 0 Å². The Labute approximate surface area is 218 Å². The van der Waals surface area contributed by atoms with Crippen LogP contribution in [-0.4, -0.2) is 53.0 Å². The quantitative estimate of drug-likeness (QED) is 0.353. The molecule has 1 unspecified atom stereocenters. The molecule has 2 spiro atoms. The van der Waals surface area contributed by atoms with Crippen molar-refractivity contribution in [3.8, 4) is 0 Å². The number of carbonyl (C=O) groups is 4. The maximum atomic E-state index is 14.3. The van der Waals surface area contributed by atoms with Gasteiger partial charge >= 0.3 is 17.9 Å². The fourth-order valence-electron chi connectivity index (χ4n) is 7.16. The van der Waals surface area contributed by atoms with E-state index in [-0.39, 0.29) is 12.0 Å². The lowest BCUT2D eigenvalue weighted by Crippen LogP contribution is -2.66. The molecular formula is C28H28N2O8. The molecule has 1 amide bonds. The number of benzene rings is 2. The molecule has 4 fully saturated rings. The van der Waals surface area contributed by atoms with Crippen molar-refractivity contribution >= 4 is 35.2 Å². The van der Waals surface area contributed by atoms with Gasteiger partial charge in [0, 0.05) is 17.8 Å². The van der Waals surface area contributed by atoms with Crippen molar-refractivity contribution in [1.82, 2.24) is 0 Å². The average Bonchev–Trinajstić information content (AvgIpc) is 3.47. The molecule has 1 saturated carbocycles. The Morgan fingerprint density at radius 3 is 2.34 bits per heavy atom. The third-order valence-electron chi connectivity index (χ3n) is 8.88. The highest BCUT2D eigenvalue weighted by atomic mass is 16.6. The largest absolute Gasteiger partial charge is 0.461 e. The molecule has 38 heavy (non-hydrogen) atoms. The van der Waals surface area contributed by atoms with Gasteiger partial charge in [-0.3, -0.25) is 19.3 Å². The number of carbonyl (C=O) groups excluding carboxylic acids is 4. The predicted octanol–water partition coefficient (Wildman–Crippen LogP) is 2.19. The van der Waals surface area contributed by atoms with Crippen molar-refractivity contribution < 1.29 is 38.5 Å². The molecule has 3 saturated heterocycles. The molecule has 198 valence electrons. The van der Waals surface area contributed by atoms with Crippen LogP contribution in [0.2, 0.25) is 0 Å². The van der Waals surface area contributed by atoms with Crippen LogP contribution >= 0.6 is 0 Å². The first-order chi connectivity index (χ1) is 17.9. The minimum Gasteiger partial charge on any atom is -0.461 e. The Balaban J connectivity index is 1.62. The van der Waals surface area contributed by atoms with Crippen molar-refractivity contribution in [2.75, 3.05) is 10.6 Å². The number of nitrogen functional groups attached to an aromatic ring is 1. The molecule has 3 aliphatic heterocycles. The minimum absolute atomic E-state index is 0.129. The Morgan fingerprint density at radius 2 is 1.71 bits per heavy atom. The maximum absolute atomic E-state index is 14.3. The van der Waals surface area contributed by atoms with Crippen LogP contribution in [0.15, 0.2) is 54.6 Å². The molecule has 6 atom stereocenters. The summed E-state index contributed by atoms with van der Waals surface area (Å²) in [5.41, 5.74) is 0.449. The molecule has 3 N–H and O–H groups in total. The van der Waals surface area contributed by atoms with E-state index in [1.165, 1.54) is 17.0 Å². The van der Waals surface area contributed by atoms with Gasteiger partial charge in [0.1, 0.15) is 16.9 Å². The Bertz CT molecular complexity index is 1370. The third-order valence-corrected chi connectivity index (χ3v) is 8.88. The second-order valence-corrected chi connectivity index (χ2v) is 11.5. The molecule has 2 aromatic rings. The summed E-state index contributed by atoms with van der Waals surface area (Å²) in [5.74, 6) is -2.91. The van der Waals surface area contributed by atoms with E-state index in [0.717, 1.165) is 0 Å².